The molecule has 196 valence electrons. The quantitative estimate of drug-likeness (QED) is 0.506. The van der Waals surface area contributed by atoms with Crippen molar-refractivity contribution in [3.05, 3.63) is 52.6 Å². The van der Waals surface area contributed by atoms with E-state index >= 15 is 0 Å². The largest absolute Gasteiger partial charge is 0.573 e. The lowest BCUT2D eigenvalue weighted by Gasteiger charge is -2.24. The number of hydrogen-bond donors (Lipinski definition) is 1. The normalized spacial score (nSPS) is 15.7. The maximum Gasteiger partial charge on any atom is 0.573 e. The van der Waals surface area contributed by atoms with E-state index in [4.69, 9.17) is 0 Å². The van der Waals surface area contributed by atoms with Gasteiger partial charge in [0, 0.05) is 38.9 Å². The van der Waals surface area contributed by atoms with Gasteiger partial charge in [-0.05, 0) is 24.1 Å². The van der Waals surface area contributed by atoms with Gasteiger partial charge in [-0.25, -0.2) is 14.1 Å². The molecule has 4 heterocycles. The van der Waals surface area contributed by atoms with Gasteiger partial charge in [0.2, 0.25) is 11.7 Å². The van der Waals surface area contributed by atoms with Crippen molar-refractivity contribution in [2.45, 2.75) is 45.1 Å². The minimum Gasteiger partial charge on any atom is -0.403 e. The van der Waals surface area contributed by atoms with Crippen LogP contribution in [0.2, 0.25) is 0 Å². The standard InChI is InChI=1S/C22H22F4N8O3/c23-14-11-13(1-3-17(14)37-22(24,25)26)2-4-19(35)32-8-6-18-27-20(30-34(18)10-9-32)21(36)33-7-5-15-16(12-33)29-31-28-15/h1,3,11H,2,4-10,12H2,(H,28,29,31). The Morgan fingerprint density at radius 2 is 1.81 bits per heavy atom. The van der Waals surface area contributed by atoms with Crippen LogP contribution in [0.25, 0.3) is 0 Å². The van der Waals surface area contributed by atoms with Crippen LogP contribution >= 0.6 is 0 Å². The molecule has 2 aromatic heterocycles. The van der Waals surface area contributed by atoms with Crippen LogP contribution in [0.4, 0.5) is 17.6 Å². The molecule has 15 heteroatoms. The molecular weight excluding hydrogens is 500 g/mol. The predicted octanol–water partition coefficient (Wildman–Crippen LogP) is 1.65. The van der Waals surface area contributed by atoms with E-state index in [1.165, 1.54) is 6.07 Å². The van der Waals surface area contributed by atoms with Gasteiger partial charge >= 0.3 is 6.36 Å². The van der Waals surface area contributed by atoms with Gasteiger partial charge in [-0.3, -0.25) is 9.59 Å². The number of halogens is 4. The molecule has 2 aliphatic heterocycles. The predicted molar refractivity (Wildman–Crippen MR) is 117 cm³/mol. The average molecular weight is 522 g/mol. The Labute approximate surface area is 207 Å². The van der Waals surface area contributed by atoms with Gasteiger partial charge in [-0.15, -0.1) is 18.3 Å². The first-order chi connectivity index (χ1) is 17.7. The summed E-state index contributed by atoms with van der Waals surface area (Å²) in [5.41, 5.74) is 1.95. The Morgan fingerprint density at radius 1 is 1.03 bits per heavy atom. The number of carbonyl (C=O) groups is 2. The fourth-order valence-corrected chi connectivity index (χ4v) is 4.37. The molecule has 0 fully saturated rings. The number of ether oxygens (including phenoxy) is 1. The van der Waals surface area contributed by atoms with Gasteiger partial charge in [-0.1, -0.05) is 6.07 Å². The molecule has 0 radical (unpaired) electrons. The average Bonchev–Trinajstić information content (AvgIpc) is 3.44. The van der Waals surface area contributed by atoms with Crippen LogP contribution in [-0.4, -0.2) is 77.8 Å². The number of aromatic amines is 1. The zero-order valence-corrected chi connectivity index (χ0v) is 19.5. The van der Waals surface area contributed by atoms with Crippen molar-refractivity contribution in [1.29, 1.82) is 0 Å². The van der Waals surface area contributed by atoms with Crippen molar-refractivity contribution in [3.8, 4) is 5.75 Å². The molecular formula is C22H22F4N8O3. The molecule has 1 N–H and O–H groups in total. The topological polar surface area (TPSA) is 122 Å². The highest BCUT2D eigenvalue weighted by Gasteiger charge is 2.32. The van der Waals surface area contributed by atoms with E-state index in [1.54, 1.807) is 14.5 Å². The fraction of sp³-hybridized carbons (Fsp3) is 0.455. The highest BCUT2D eigenvalue weighted by Crippen LogP contribution is 2.26. The third-order valence-corrected chi connectivity index (χ3v) is 6.28. The Morgan fingerprint density at radius 3 is 2.59 bits per heavy atom. The Hall–Kier alpha value is -4.04. The fourth-order valence-electron chi connectivity index (χ4n) is 4.37. The monoisotopic (exact) mass is 522 g/mol. The zero-order chi connectivity index (χ0) is 26.2. The molecule has 0 spiro atoms. The van der Waals surface area contributed by atoms with Gasteiger partial charge in [0.1, 0.15) is 11.5 Å². The second-order valence-electron chi connectivity index (χ2n) is 8.71. The summed E-state index contributed by atoms with van der Waals surface area (Å²) in [5, 5.41) is 15.0. The first-order valence-electron chi connectivity index (χ1n) is 11.6. The van der Waals surface area contributed by atoms with E-state index in [0.717, 1.165) is 23.5 Å². The molecule has 2 aliphatic rings. The number of rotatable bonds is 5. The number of nitrogens with zero attached hydrogens (tertiary/aromatic N) is 7. The molecule has 0 aliphatic carbocycles. The number of fused-ring (bicyclic) bond motifs is 2. The molecule has 5 rings (SSSR count). The number of aryl methyl sites for hydroxylation is 1. The van der Waals surface area contributed by atoms with Crippen LogP contribution in [0.3, 0.4) is 0 Å². The van der Waals surface area contributed by atoms with Crippen LogP contribution in [-0.2, 0) is 37.1 Å². The highest BCUT2D eigenvalue weighted by molar-refractivity contribution is 5.90. The summed E-state index contributed by atoms with van der Waals surface area (Å²) in [6.45, 7) is 1.89. The number of aromatic nitrogens is 6. The van der Waals surface area contributed by atoms with Crippen molar-refractivity contribution in [2.24, 2.45) is 0 Å². The summed E-state index contributed by atoms with van der Waals surface area (Å²) in [6, 6.07) is 3.12. The number of nitrogens with one attached hydrogen (secondary N) is 1. The van der Waals surface area contributed by atoms with Crippen LogP contribution < -0.4 is 4.74 Å². The zero-order valence-electron chi connectivity index (χ0n) is 19.5. The van der Waals surface area contributed by atoms with Gasteiger partial charge in [0.15, 0.2) is 11.6 Å². The van der Waals surface area contributed by atoms with Crippen molar-refractivity contribution in [2.75, 3.05) is 19.6 Å². The molecule has 37 heavy (non-hydrogen) atoms. The van der Waals surface area contributed by atoms with Crippen molar-refractivity contribution >= 4 is 11.8 Å². The lowest BCUT2D eigenvalue weighted by atomic mass is 10.1. The van der Waals surface area contributed by atoms with Crippen molar-refractivity contribution in [3.63, 3.8) is 0 Å². The molecule has 2 amide bonds. The van der Waals surface area contributed by atoms with Gasteiger partial charge in [-0.2, -0.15) is 15.4 Å². The summed E-state index contributed by atoms with van der Waals surface area (Å²) in [6.07, 6.45) is -3.78. The second-order valence-corrected chi connectivity index (χ2v) is 8.71. The number of amides is 2. The summed E-state index contributed by atoms with van der Waals surface area (Å²) < 4.78 is 56.1. The maximum absolute atomic E-state index is 13.9. The van der Waals surface area contributed by atoms with Crippen LogP contribution in [0.1, 0.15) is 39.8 Å². The van der Waals surface area contributed by atoms with Crippen molar-refractivity contribution < 1.29 is 31.9 Å². The Bertz CT molecular complexity index is 1300. The number of hydrogen-bond acceptors (Lipinski definition) is 7. The van der Waals surface area contributed by atoms with Crippen LogP contribution in [0.5, 0.6) is 5.75 Å². The Balaban J connectivity index is 1.14. The smallest absolute Gasteiger partial charge is 0.403 e. The molecule has 1 aromatic carbocycles. The van der Waals surface area contributed by atoms with Crippen molar-refractivity contribution in [1.82, 2.24) is 40.0 Å². The first-order valence-corrected chi connectivity index (χ1v) is 11.6. The maximum atomic E-state index is 13.9. The minimum atomic E-state index is -4.99. The van der Waals surface area contributed by atoms with Crippen LogP contribution in [0.15, 0.2) is 18.2 Å². The summed E-state index contributed by atoms with van der Waals surface area (Å²) >= 11 is 0. The lowest BCUT2D eigenvalue weighted by molar-refractivity contribution is -0.275. The van der Waals surface area contributed by atoms with E-state index < -0.39 is 17.9 Å². The van der Waals surface area contributed by atoms with E-state index in [1.807, 2.05) is 0 Å². The van der Waals surface area contributed by atoms with E-state index in [2.05, 4.69) is 30.2 Å². The third kappa shape index (κ3) is 5.54. The van der Waals surface area contributed by atoms with Gasteiger partial charge in [0.05, 0.1) is 18.8 Å². The SMILES string of the molecule is O=C(CCc1ccc(OC(F)(F)F)c(F)c1)N1CCc2nc(C(=O)N3CCc4n[nH]nc4C3)nn2CC1. The van der Waals surface area contributed by atoms with Gasteiger partial charge < -0.3 is 14.5 Å². The molecule has 0 unspecified atom stereocenters. The first kappa shape index (κ1) is 24.6. The number of benzene rings is 1. The highest BCUT2D eigenvalue weighted by atomic mass is 19.4. The number of carbonyl (C=O) groups excluding carboxylic acids is 2. The van der Waals surface area contributed by atoms with Gasteiger partial charge in [0.25, 0.3) is 5.91 Å². The summed E-state index contributed by atoms with van der Waals surface area (Å²) in [4.78, 5) is 33.3. The molecule has 0 saturated carbocycles. The summed E-state index contributed by atoms with van der Waals surface area (Å²) in [7, 11) is 0. The molecule has 0 bridgehead atoms. The molecule has 0 atom stereocenters. The number of H-pyrrole nitrogens is 1. The minimum absolute atomic E-state index is 0.0530. The van der Waals surface area contributed by atoms with E-state index in [-0.39, 0.29) is 30.5 Å². The van der Waals surface area contributed by atoms with E-state index in [0.29, 0.717) is 57.0 Å². The van der Waals surface area contributed by atoms with E-state index in [9.17, 15) is 27.2 Å². The van der Waals surface area contributed by atoms with Crippen LogP contribution in [0, 0.1) is 5.82 Å². The third-order valence-electron chi connectivity index (χ3n) is 6.28. The molecule has 11 nitrogen and oxygen atoms in total. The molecule has 0 saturated heterocycles. The summed E-state index contributed by atoms with van der Waals surface area (Å²) in [5.74, 6) is -1.85. The Kier molecular flexibility index (Phi) is 6.52. The second kappa shape index (κ2) is 9.78. The lowest BCUT2D eigenvalue weighted by Crippen LogP contribution is -2.37. The molecule has 3 aromatic rings. The number of alkyl halides is 3.